The van der Waals surface area contributed by atoms with Gasteiger partial charge in [-0.2, -0.15) is 13.2 Å². The quantitative estimate of drug-likeness (QED) is 0.762. The lowest BCUT2D eigenvalue weighted by molar-refractivity contribution is -0.192. The molecule has 0 radical (unpaired) electrons. The number of halogens is 3. The van der Waals surface area contributed by atoms with Crippen molar-refractivity contribution in [1.82, 2.24) is 9.80 Å². The maximum Gasteiger partial charge on any atom is 0.490 e. The van der Waals surface area contributed by atoms with Crippen molar-refractivity contribution in [2.45, 2.75) is 63.6 Å². The van der Waals surface area contributed by atoms with E-state index in [0.29, 0.717) is 17.4 Å². The second-order valence-electron chi connectivity index (χ2n) is 8.00. The topological polar surface area (TPSA) is 60.9 Å². The van der Waals surface area contributed by atoms with E-state index < -0.39 is 12.1 Å². The Bertz CT molecular complexity index is 510. The van der Waals surface area contributed by atoms with E-state index in [2.05, 4.69) is 23.8 Å². The third kappa shape index (κ3) is 4.90. The SMILES string of the molecule is CC1CC(C(=O)N2CCC3(CCCCN3C)CC2)C1.O=C(O)C(F)(F)F. The van der Waals surface area contributed by atoms with Crippen molar-refractivity contribution in [1.29, 1.82) is 0 Å². The van der Waals surface area contributed by atoms with Crippen molar-refractivity contribution in [2.75, 3.05) is 26.7 Å². The first-order valence-corrected chi connectivity index (χ1v) is 9.35. The van der Waals surface area contributed by atoms with Gasteiger partial charge in [0.05, 0.1) is 0 Å². The number of nitrogens with zero attached hydrogens (tertiary/aromatic N) is 2. The summed E-state index contributed by atoms with van der Waals surface area (Å²) in [7, 11) is 2.28. The molecule has 0 unspecified atom stereocenters. The molecule has 150 valence electrons. The second kappa shape index (κ2) is 8.15. The molecule has 1 amide bonds. The summed E-state index contributed by atoms with van der Waals surface area (Å²) in [4.78, 5) is 26.0. The van der Waals surface area contributed by atoms with E-state index in [4.69, 9.17) is 9.90 Å². The van der Waals surface area contributed by atoms with Gasteiger partial charge in [0.15, 0.2) is 0 Å². The molecule has 0 aromatic rings. The molecule has 1 spiro atoms. The number of carbonyl (C=O) groups excluding carboxylic acids is 1. The van der Waals surface area contributed by atoms with Crippen molar-refractivity contribution in [3.8, 4) is 0 Å². The van der Waals surface area contributed by atoms with Gasteiger partial charge in [-0.25, -0.2) is 4.79 Å². The van der Waals surface area contributed by atoms with Crippen LogP contribution in [0.2, 0.25) is 0 Å². The Morgan fingerprint density at radius 1 is 1.04 bits per heavy atom. The molecule has 3 aliphatic rings. The summed E-state index contributed by atoms with van der Waals surface area (Å²) in [6.07, 6.45) is 3.61. The molecule has 8 heteroatoms. The molecule has 1 saturated carbocycles. The Kier molecular flexibility index (Phi) is 6.58. The highest BCUT2D eigenvalue weighted by molar-refractivity contribution is 5.79. The number of alkyl halides is 3. The fourth-order valence-corrected chi connectivity index (χ4v) is 4.37. The van der Waals surface area contributed by atoms with Crippen LogP contribution in [0.5, 0.6) is 0 Å². The summed E-state index contributed by atoms with van der Waals surface area (Å²) in [5, 5.41) is 7.12. The molecule has 0 aromatic carbocycles. The number of piperidine rings is 2. The highest BCUT2D eigenvalue weighted by atomic mass is 19.4. The van der Waals surface area contributed by atoms with E-state index in [9.17, 15) is 18.0 Å². The van der Waals surface area contributed by atoms with Gasteiger partial charge >= 0.3 is 12.1 Å². The predicted molar refractivity (Wildman–Crippen MR) is 90.6 cm³/mol. The lowest BCUT2D eigenvalue weighted by Crippen LogP contribution is -2.57. The number of carboxylic acid groups (broad SMARTS) is 1. The fourth-order valence-electron chi connectivity index (χ4n) is 4.37. The summed E-state index contributed by atoms with van der Waals surface area (Å²) >= 11 is 0. The van der Waals surface area contributed by atoms with Gasteiger partial charge in [0.2, 0.25) is 5.91 Å². The first kappa shape index (κ1) is 21.0. The zero-order valence-electron chi connectivity index (χ0n) is 15.5. The average molecular weight is 378 g/mol. The number of carbonyl (C=O) groups is 2. The first-order chi connectivity index (χ1) is 12.0. The normalized spacial score (nSPS) is 28.7. The van der Waals surface area contributed by atoms with Gasteiger partial charge < -0.3 is 14.9 Å². The van der Waals surface area contributed by atoms with Crippen molar-refractivity contribution in [2.24, 2.45) is 11.8 Å². The number of carboxylic acids is 1. The molecule has 0 aromatic heterocycles. The Morgan fingerprint density at radius 3 is 2.00 bits per heavy atom. The molecule has 26 heavy (non-hydrogen) atoms. The number of rotatable bonds is 1. The van der Waals surface area contributed by atoms with Crippen LogP contribution in [0.4, 0.5) is 13.2 Å². The highest BCUT2D eigenvalue weighted by Crippen LogP contribution is 2.39. The van der Waals surface area contributed by atoms with Crippen LogP contribution in [-0.4, -0.2) is 65.2 Å². The van der Waals surface area contributed by atoms with Crippen molar-refractivity contribution in [3.05, 3.63) is 0 Å². The van der Waals surface area contributed by atoms with Crippen LogP contribution in [0.1, 0.15) is 51.9 Å². The Hall–Kier alpha value is -1.31. The van der Waals surface area contributed by atoms with Gasteiger partial charge in [-0.15, -0.1) is 0 Å². The van der Waals surface area contributed by atoms with Crippen LogP contribution in [0, 0.1) is 11.8 Å². The lowest BCUT2D eigenvalue weighted by atomic mass is 9.74. The molecule has 1 N–H and O–H groups in total. The van der Waals surface area contributed by atoms with E-state index in [0.717, 1.165) is 31.8 Å². The summed E-state index contributed by atoms with van der Waals surface area (Å²) in [6, 6.07) is 0. The van der Waals surface area contributed by atoms with Crippen molar-refractivity contribution in [3.63, 3.8) is 0 Å². The first-order valence-electron chi connectivity index (χ1n) is 9.35. The van der Waals surface area contributed by atoms with Crippen LogP contribution < -0.4 is 0 Å². The maximum absolute atomic E-state index is 12.4. The minimum atomic E-state index is -5.08. The molecule has 1 aliphatic carbocycles. The zero-order chi connectivity index (χ0) is 19.5. The standard InChI is InChI=1S/C16H28N2O.C2HF3O2/c1-13-11-14(12-13)15(19)18-9-6-16(7-10-18)5-3-4-8-17(16)2;3-2(4,5)1(6)7/h13-14H,3-12H2,1-2H3;(H,6,7). The van der Waals surface area contributed by atoms with E-state index in [1.807, 2.05) is 0 Å². The molecular weight excluding hydrogens is 349 g/mol. The number of hydrogen-bond donors (Lipinski definition) is 1. The van der Waals surface area contributed by atoms with E-state index in [1.165, 1.54) is 38.6 Å². The summed E-state index contributed by atoms with van der Waals surface area (Å²) < 4.78 is 31.7. The zero-order valence-corrected chi connectivity index (χ0v) is 15.5. The lowest BCUT2D eigenvalue weighted by Gasteiger charge is -2.51. The molecule has 0 bridgehead atoms. The summed E-state index contributed by atoms with van der Waals surface area (Å²) in [5.74, 6) is -1.18. The van der Waals surface area contributed by atoms with Crippen molar-refractivity contribution >= 4 is 11.9 Å². The minimum Gasteiger partial charge on any atom is -0.475 e. The monoisotopic (exact) mass is 378 g/mol. The molecule has 2 saturated heterocycles. The third-order valence-electron chi connectivity index (χ3n) is 6.17. The van der Waals surface area contributed by atoms with Gasteiger partial charge in [-0.1, -0.05) is 13.3 Å². The van der Waals surface area contributed by atoms with Crippen LogP contribution >= 0.6 is 0 Å². The van der Waals surface area contributed by atoms with Gasteiger partial charge in [-0.05, 0) is 58.0 Å². The van der Waals surface area contributed by atoms with Crippen LogP contribution in [-0.2, 0) is 9.59 Å². The third-order valence-corrected chi connectivity index (χ3v) is 6.17. The van der Waals surface area contributed by atoms with Gasteiger partial charge in [0.25, 0.3) is 0 Å². The number of likely N-dealkylation sites (tertiary alicyclic amines) is 2. The number of aliphatic carboxylic acids is 1. The molecule has 0 atom stereocenters. The molecule has 3 fully saturated rings. The molecule has 5 nitrogen and oxygen atoms in total. The van der Waals surface area contributed by atoms with Crippen LogP contribution in [0.3, 0.4) is 0 Å². The highest BCUT2D eigenvalue weighted by Gasteiger charge is 2.42. The Morgan fingerprint density at radius 2 is 1.58 bits per heavy atom. The number of amides is 1. The summed E-state index contributed by atoms with van der Waals surface area (Å²) in [6.45, 7) is 5.49. The minimum absolute atomic E-state index is 0.355. The molecular formula is C18H29F3N2O3. The Balaban J connectivity index is 0.000000298. The smallest absolute Gasteiger partial charge is 0.475 e. The van der Waals surface area contributed by atoms with Crippen LogP contribution in [0.15, 0.2) is 0 Å². The van der Waals surface area contributed by atoms with Gasteiger partial charge in [0.1, 0.15) is 0 Å². The molecule has 2 heterocycles. The molecule has 2 aliphatic heterocycles. The molecule has 3 rings (SSSR count). The summed E-state index contributed by atoms with van der Waals surface area (Å²) in [5.41, 5.74) is 0.419. The second-order valence-corrected chi connectivity index (χ2v) is 8.00. The largest absolute Gasteiger partial charge is 0.490 e. The maximum atomic E-state index is 12.4. The van der Waals surface area contributed by atoms with Gasteiger partial charge in [0, 0.05) is 24.5 Å². The van der Waals surface area contributed by atoms with E-state index in [-0.39, 0.29) is 0 Å². The predicted octanol–water partition coefficient (Wildman–Crippen LogP) is 3.14. The van der Waals surface area contributed by atoms with Gasteiger partial charge in [-0.3, -0.25) is 4.79 Å². The average Bonchev–Trinajstić information content (AvgIpc) is 2.55. The van der Waals surface area contributed by atoms with Crippen molar-refractivity contribution < 1.29 is 27.9 Å². The van der Waals surface area contributed by atoms with E-state index >= 15 is 0 Å². The number of hydrogen-bond acceptors (Lipinski definition) is 3. The van der Waals surface area contributed by atoms with Crippen LogP contribution in [0.25, 0.3) is 0 Å². The Labute approximate surface area is 152 Å². The fraction of sp³-hybridized carbons (Fsp3) is 0.889. The van der Waals surface area contributed by atoms with E-state index in [1.54, 1.807) is 0 Å².